The lowest BCUT2D eigenvalue weighted by molar-refractivity contribution is 0.186. The fourth-order valence-electron chi connectivity index (χ4n) is 1.69. The van der Waals surface area contributed by atoms with Crippen LogP contribution in [0, 0.1) is 0 Å². The highest BCUT2D eigenvalue weighted by Crippen LogP contribution is 2.07. The zero-order valence-electron chi connectivity index (χ0n) is 10.1. The molecule has 0 aromatic carbocycles. The molecular formula is C9H14N6O3. The van der Waals surface area contributed by atoms with Gasteiger partial charge >= 0.3 is 5.69 Å². The van der Waals surface area contributed by atoms with Crippen molar-refractivity contribution in [2.45, 2.75) is 6.54 Å². The number of imidazole rings is 1. The minimum absolute atomic E-state index is 0.221. The predicted molar refractivity (Wildman–Crippen MR) is 65.3 cm³/mol. The number of methoxy groups -OCH3 is 1. The van der Waals surface area contributed by atoms with Crippen LogP contribution in [0.25, 0.3) is 11.2 Å². The van der Waals surface area contributed by atoms with E-state index in [0.717, 1.165) is 4.57 Å². The highest BCUT2D eigenvalue weighted by atomic mass is 16.5. The van der Waals surface area contributed by atoms with Crippen LogP contribution in [0.1, 0.15) is 0 Å². The Hall–Kier alpha value is -2.13. The molecule has 0 aliphatic heterocycles. The van der Waals surface area contributed by atoms with Gasteiger partial charge in [-0.05, 0) is 0 Å². The van der Waals surface area contributed by atoms with Gasteiger partial charge in [-0.2, -0.15) is 4.98 Å². The molecule has 9 heteroatoms. The van der Waals surface area contributed by atoms with E-state index in [-0.39, 0.29) is 17.1 Å². The van der Waals surface area contributed by atoms with E-state index in [4.69, 9.17) is 10.6 Å². The molecule has 0 spiro atoms. The van der Waals surface area contributed by atoms with Gasteiger partial charge in [0.25, 0.3) is 5.56 Å². The molecule has 2 aromatic heterocycles. The number of hydrogen-bond acceptors (Lipinski definition) is 6. The number of nitrogens with zero attached hydrogens (tertiary/aromatic N) is 3. The third-order valence-corrected chi connectivity index (χ3v) is 2.63. The summed E-state index contributed by atoms with van der Waals surface area (Å²) in [5, 5.41) is 0. The fraction of sp³-hybridized carbons (Fsp3) is 0.444. The fourth-order valence-corrected chi connectivity index (χ4v) is 1.69. The van der Waals surface area contributed by atoms with Crippen LogP contribution < -0.4 is 22.5 Å². The SMILES string of the molecule is COCCn1c(=O)n(C)c(=O)c2[nH]c(NN)nc21. The predicted octanol–water partition coefficient (Wildman–Crippen LogP) is -1.64. The van der Waals surface area contributed by atoms with Crippen LogP contribution in [0.2, 0.25) is 0 Å². The average molecular weight is 254 g/mol. The summed E-state index contributed by atoms with van der Waals surface area (Å²) in [7, 11) is 2.94. The summed E-state index contributed by atoms with van der Waals surface area (Å²) >= 11 is 0. The Bertz CT molecular complexity index is 682. The zero-order valence-corrected chi connectivity index (χ0v) is 10.1. The molecule has 98 valence electrons. The van der Waals surface area contributed by atoms with Gasteiger partial charge in [0, 0.05) is 14.2 Å². The molecule has 0 atom stereocenters. The molecule has 0 saturated heterocycles. The summed E-state index contributed by atoms with van der Waals surface area (Å²) in [6.07, 6.45) is 0. The minimum atomic E-state index is -0.447. The number of nitrogen functional groups attached to an aromatic ring is 1. The molecule has 0 radical (unpaired) electrons. The third-order valence-electron chi connectivity index (χ3n) is 2.63. The Morgan fingerprint density at radius 3 is 2.83 bits per heavy atom. The summed E-state index contributed by atoms with van der Waals surface area (Å²) in [6, 6.07) is 0. The second kappa shape index (κ2) is 4.63. The average Bonchev–Trinajstić information content (AvgIpc) is 2.80. The molecule has 0 aliphatic carbocycles. The number of fused-ring (bicyclic) bond motifs is 1. The van der Waals surface area contributed by atoms with Crippen LogP contribution >= 0.6 is 0 Å². The number of ether oxygens (including phenoxy) is 1. The van der Waals surface area contributed by atoms with Crippen LogP contribution in [0.5, 0.6) is 0 Å². The van der Waals surface area contributed by atoms with E-state index in [1.54, 1.807) is 0 Å². The zero-order chi connectivity index (χ0) is 13.3. The van der Waals surface area contributed by atoms with Crippen LogP contribution in [-0.2, 0) is 18.3 Å². The number of nitrogens with two attached hydrogens (primary N) is 1. The first kappa shape index (κ1) is 12.3. The number of hydrazine groups is 1. The number of hydrogen-bond donors (Lipinski definition) is 3. The van der Waals surface area contributed by atoms with Gasteiger partial charge in [-0.25, -0.2) is 10.6 Å². The van der Waals surface area contributed by atoms with Crippen molar-refractivity contribution in [2.24, 2.45) is 12.9 Å². The van der Waals surface area contributed by atoms with Crippen molar-refractivity contribution in [1.29, 1.82) is 0 Å². The molecule has 4 N–H and O–H groups in total. The van der Waals surface area contributed by atoms with Crippen LogP contribution in [0.15, 0.2) is 9.59 Å². The van der Waals surface area contributed by atoms with Gasteiger partial charge in [-0.3, -0.25) is 19.4 Å². The Balaban J connectivity index is 2.77. The molecule has 0 fully saturated rings. The molecule has 2 rings (SSSR count). The molecule has 2 heterocycles. The monoisotopic (exact) mass is 254 g/mol. The number of rotatable bonds is 4. The first-order valence-corrected chi connectivity index (χ1v) is 5.25. The summed E-state index contributed by atoms with van der Waals surface area (Å²) in [5.74, 6) is 5.45. The van der Waals surface area contributed by atoms with E-state index in [2.05, 4.69) is 15.4 Å². The lowest BCUT2D eigenvalue weighted by atomic mass is 10.5. The maximum absolute atomic E-state index is 12.0. The van der Waals surface area contributed by atoms with E-state index < -0.39 is 11.2 Å². The number of aromatic amines is 1. The number of aromatic nitrogens is 4. The Morgan fingerprint density at radius 2 is 2.22 bits per heavy atom. The quantitative estimate of drug-likeness (QED) is 0.444. The molecule has 0 aliphatic rings. The molecule has 0 unspecified atom stereocenters. The first-order valence-electron chi connectivity index (χ1n) is 5.25. The maximum atomic E-state index is 12.0. The van der Waals surface area contributed by atoms with Crippen molar-refractivity contribution in [1.82, 2.24) is 19.1 Å². The lowest BCUT2D eigenvalue weighted by Gasteiger charge is -2.07. The number of anilines is 1. The third kappa shape index (κ3) is 1.79. The topological polar surface area (TPSA) is 120 Å². The van der Waals surface area contributed by atoms with Gasteiger partial charge in [-0.15, -0.1) is 0 Å². The van der Waals surface area contributed by atoms with Gasteiger partial charge in [0.15, 0.2) is 11.2 Å². The summed E-state index contributed by atoms with van der Waals surface area (Å²) in [4.78, 5) is 30.6. The largest absolute Gasteiger partial charge is 0.383 e. The molecule has 2 aromatic rings. The summed E-state index contributed by atoms with van der Waals surface area (Å²) in [6.45, 7) is 0.639. The van der Waals surface area contributed by atoms with Crippen molar-refractivity contribution >= 4 is 17.1 Å². The maximum Gasteiger partial charge on any atom is 0.332 e. The number of H-pyrrole nitrogens is 1. The normalized spacial score (nSPS) is 11.1. The lowest BCUT2D eigenvalue weighted by Crippen LogP contribution is -2.38. The Morgan fingerprint density at radius 1 is 1.50 bits per heavy atom. The van der Waals surface area contributed by atoms with Gasteiger partial charge in [0.1, 0.15) is 0 Å². The first-order chi connectivity index (χ1) is 8.60. The molecule has 18 heavy (non-hydrogen) atoms. The van der Waals surface area contributed by atoms with E-state index in [1.165, 1.54) is 18.7 Å². The van der Waals surface area contributed by atoms with Crippen molar-refractivity contribution in [3.05, 3.63) is 20.8 Å². The summed E-state index contributed by atoms with van der Waals surface area (Å²) < 4.78 is 7.30. The standard InChI is InChI=1S/C9H14N6O3/c1-14-7(16)5-6(12-8(11-5)13-10)15(9(14)17)3-4-18-2/h3-4,10H2,1-2H3,(H2,11,12,13). The van der Waals surface area contributed by atoms with Gasteiger partial charge in [0.2, 0.25) is 5.95 Å². The van der Waals surface area contributed by atoms with Crippen LogP contribution in [0.4, 0.5) is 5.95 Å². The number of nitrogens with one attached hydrogen (secondary N) is 2. The Labute approximate surface area is 101 Å². The van der Waals surface area contributed by atoms with Crippen LogP contribution in [0.3, 0.4) is 0 Å². The van der Waals surface area contributed by atoms with Crippen molar-refractivity contribution < 1.29 is 4.74 Å². The van der Waals surface area contributed by atoms with Crippen molar-refractivity contribution in [3.8, 4) is 0 Å². The Kier molecular flexibility index (Phi) is 3.17. The molecular weight excluding hydrogens is 240 g/mol. The van der Waals surface area contributed by atoms with Gasteiger partial charge < -0.3 is 9.72 Å². The van der Waals surface area contributed by atoms with Crippen molar-refractivity contribution in [3.63, 3.8) is 0 Å². The van der Waals surface area contributed by atoms with E-state index in [0.29, 0.717) is 13.2 Å². The highest BCUT2D eigenvalue weighted by Gasteiger charge is 2.14. The van der Waals surface area contributed by atoms with E-state index in [1.807, 2.05) is 0 Å². The minimum Gasteiger partial charge on any atom is -0.383 e. The molecule has 0 saturated carbocycles. The van der Waals surface area contributed by atoms with Crippen LogP contribution in [-0.4, -0.2) is 32.8 Å². The van der Waals surface area contributed by atoms with Gasteiger partial charge in [-0.1, -0.05) is 0 Å². The van der Waals surface area contributed by atoms with Crippen molar-refractivity contribution in [2.75, 3.05) is 19.1 Å². The molecule has 9 nitrogen and oxygen atoms in total. The second-order valence-electron chi connectivity index (χ2n) is 3.72. The molecule has 0 amide bonds. The van der Waals surface area contributed by atoms with E-state index in [9.17, 15) is 9.59 Å². The summed E-state index contributed by atoms with van der Waals surface area (Å²) in [5.41, 5.74) is 1.89. The van der Waals surface area contributed by atoms with Gasteiger partial charge in [0.05, 0.1) is 13.2 Å². The smallest absolute Gasteiger partial charge is 0.332 e. The second-order valence-corrected chi connectivity index (χ2v) is 3.72. The van der Waals surface area contributed by atoms with E-state index >= 15 is 0 Å². The molecule has 0 bridgehead atoms. The highest BCUT2D eigenvalue weighted by molar-refractivity contribution is 5.72.